The lowest BCUT2D eigenvalue weighted by atomic mass is 10.1. The normalized spacial score (nSPS) is 12.8. The number of carbonyl (C=O) groups is 2. The molecule has 0 radical (unpaired) electrons. The standard InChI is InChI=1S/C28H24BrClN4O3S/c1-38-21-10-8-20(9-11-21)34-25(26(35)31-16-18-5-3-2-4-6-18)24-17-32(13-14-33(24)28(34)37)27(36)19-7-12-22(29)23(30)15-19/h2-12,15H,13-14,16-17H2,1H3,(H,31,35). The van der Waals surface area contributed by atoms with Gasteiger partial charge in [0.05, 0.1) is 22.9 Å². The van der Waals surface area contributed by atoms with Crippen LogP contribution in [0.2, 0.25) is 5.02 Å². The molecule has 0 unspecified atom stereocenters. The Morgan fingerprint density at radius 1 is 1.03 bits per heavy atom. The molecule has 2 heterocycles. The van der Waals surface area contributed by atoms with Crippen molar-refractivity contribution in [2.75, 3.05) is 12.8 Å². The average Bonchev–Trinajstić information content (AvgIpc) is 3.25. The molecule has 3 aromatic carbocycles. The number of nitrogens with one attached hydrogen (secondary N) is 1. The lowest BCUT2D eigenvalue weighted by Crippen LogP contribution is -2.41. The number of thioether (sulfide) groups is 1. The maximum atomic E-state index is 13.6. The highest BCUT2D eigenvalue weighted by atomic mass is 79.9. The van der Waals surface area contributed by atoms with Gasteiger partial charge < -0.3 is 10.2 Å². The number of halogens is 2. The number of aromatic nitrogens is 2. The highest BCUT2D eigenvalue weighted by Gasteiger charge is 2.32. The molecule has 38 heavy (non-hydrogen) atoms. The van der Waals surface area contributed by atoms with Crippen molar-refractivity contribution in [2.24, 2.45) is 0 Å². The summed E-state index contributed by atoms with van der Waals surface area (Å²) < 4.78 is 3.74. The smallest absolute Gasteiger partial charge is 0.333 e. The second-order valence-corrected chi connectivity index (χ2v) is 10.9. The van der Waals surface area contributed by atoms with Gasteiger partial charge in [-0.15, -0.1) is 11.8 Å². The summed E-state index contributed by atoms with van der Waals surface area (Å²) in [5, 5.41) is 3.39. The van der Waals surface area contributed by atoms with E-state index in [-0.39, 0.29) is 36.3 Å². The van der Waals surface area contributed by atoms with Gasteiger partial charge in [0.15, 0.2) is 0 Å². The zero-order valence-corrected chi connectivity index (χ0v) is 23.6. The molecule has 10 heteroatoms. The molecular weight excluding hydrogens is 588 g/mol. The van der Waals surface area contributed by atoms with Crippen LogP contribution in [0.5, 0.6) is 0 Å². The quantitative estimate of drug-likeness (QED) is 0.298. The number of nitrogens with zero attached hydrogens (tertiary/aromatic N) is 3. The second kappa shape index (κ2) is 11.2. The first kappa shape index (κ1) is 26.3. The van der Waals surface area contributed by atoms with Crippen molar-refractivity contribution in [3.63, 3.8) is 0 Å². The van der Waals surface area contributed by atoms with Gasteiger partial charge in [0.2, 0.25) is 0 Å². The van der Waals surface area contributed by atoms with E-state index in [4.69, 9.17) is 11.6 Å². The molecule has 0 atom stereocenters. The lowest BCUT2D eigenvalue weighted by Gasteiger charge is -2.28. The Hall–Kier alpha value is -3.27. The van der Waals surface area contributed by atoms with Gasteiger partial charge in [0.25, 0.3) is 11.8 Å². The summed E-state index contributed by atoms with van der Waals surface area (Å²) in [6.45, 7) is 1.04. The van der Waals surface area contributed by atoms with Gasteiger partial charge in [-0.2, -0.15) is 0 Å². The first-order valence-corrected chi connectivity index (χ1v) is 14.3. The Morgan fingerprint density at radius 3 is 2.45 bits per heavy atom. The highest BCUT2D eigenvalue weighted by Crippen LogP contribution is 2.26. The van der Waals surface area contributed by atoms with Crippen molar-refractivity contribution in [3.05, 3.63) is 115 Å². The maximum Gasteiger partial charge on any atom is 0.333 e. The summed E-state index contributed by atoms with van der Waals surface area (Å²) in [5.74, 6) is -0.597. The van der Waals surface area contributed by atoms with Crippen molar-refractivity contribution >= 4 is 51.1 Å². The summed E-state index contributed by atoms with van der Waals surface area (Å²) >= 11 is 11.2. The van der Waals surface area contributed by atoms with Crippen LogP contribution in [-0.2, 0) is 19.6 Å². The van der Waals surface area contributed by atoms with Crippen LogP contribution in [0.15, 0.2) is 87.0 Å². The van der Waals surface area contributed by atoms with E-state index in [0.29, 0.717) is 39.5 Å². The van der Waals surface area contributed by atoms with Crippen LogP contribution in [0.1, 0.15) is 32.1 Å². The predicted octanol–water partition coefficient (Wildman–Crippen LogP) is 5.36. The molecule has 1 aliphatic heterocycles. The van der Waals surface area contributed by atoms with Crippen LogP contribution < -0.4 is 11.0 Å². The number of rotatable bonds is 6. The summed E-state index contributed by atoms with van der Waals surface area (Å²) in [6.07, 6.45) is 1.98. The minimum absolute atomic E-state index is 0.117. The van der Waals surface area contributed by atoms with Gasteiger partial charge in [-0.1, -0.05) is 41.9 Å². The topological polar surface area (TPSA) is 76.3 Å². The zero-order valence-electron chi connectivity index (χ0n) is 20.5. The largest absolute Gasteiger partial charge is 0.347 e. The fraction of sp³-hybridized carbons (Fsp3) is 0.179. The molecular formula is C28H24BrClN4O3S. The van der Waals surface area contributed by atoms with Gasteiger partial charge in [-0.05, 0) is 70.2 Å². The third-order valence-corrected chi connectivity index (χ3v) is 8.45. The van der Waals surface area contributed by atoms with Gasteiger partial charge in [-0.3, -0.25) is 18.7 Å². The second-order valence-electron chi connectivity index (χ2n) is 8.79. The molecule has 2 amide bonds. The van der Waals surface area contributed by atoms with Crippen molar-refractivity contribution in [1.29, 1.82) is 0 Å². The molecule has 0 bridgehead atoms. The van der Waals surface area contributed by atoms with Crippen LogP contribution in [0.25, 0.3) is 5.69 Å². The molecule has 1 aliphatic rings. The van der Waals surface area contributed by atoms with E-state index >= 15 is 0 Å². The van der Waals surface area contributed by atoms with E-state index in [2.05, 4.69) is 21.2 Å². The minimum atomic E-state index is -0.380. The predicted molar refractivity (Wildman–Crippen MR) is 153 cm³/mol. The Kier molecular flexibility index (Phi) is 7.78. The number of amides is 2. The van der Waals surface area contributed by atoms with Crippen molar-refractivity contribution in [3.8, 4) is 5.69 Å². The first-order chi connectivity index (χ1) is 18.4. The van der Waals surface area contributed by atoms with Crippen LogP contribution in [-0.4, -0.2) is 38.6 Å². The highest BCUT2D eigenvalue weighted by molar-refractivity contribution is 9.10. The van der Waals surface area contributed by atoms with E-state index in [9.17, 15) is 14.4 Å². The Morgan fingerprint density at radius 2 is 1.76 bits per heavy atom. The molecule has 1 N–H and O–H groups in total. The van der Waals surface area contributed by atoms with Crippen molar-refractivity contribution in [2.45, 2.75) is 24.5 Å². The number of benzene rings is 3. The molecule has 0 saturated heterocycles. The number of imidazole rings is 1. The SMILES string of the molecule is CSc1ccc(-n2c(C(=O)NCc3ccccc3)c3n(c2=O)CCN(C(=O)c2ccc(Br)c(Cl)c2)C3)cc1. The van der Waals surface area contributed by atoms with Gasteiger partial charge >= 0.3 is 5.69 Å². The monoisotopic (exact) mass is 610 g/mol. The maximum absolute atomic E-state index is 13.6. The average molecular weight is 612 g/mol. The van der Waals surface area contributed by atoms with Crippen LogP contribution >= 0.6 is 39.3 Å². The van der Waals surface area contributed by atoms with Crippen LogP contribution in [0.3, 0.4) is 0 Å². The molecule has 1 aromatic heterocycles. The van der Waals surface area contributed by atoms with E-state index in [1.54, 1.807) is 39.4 Å². The molecule has 4 aromatic rings. The van der Waals surface area contributed by atoms with E-state index in [1.165, 1.54) is 4.57 Å². The fourth-order valence-electron chi connectivity index (χ4n) is 4.51. The molecule has 5 rings (SSSR count). The molecule has 0 saturated carbocycles. The van der Waals surface area contributed by atoms with E-state index in [1.807, 2.05) is 60.9 Å². The van der Waals surface area contributed by atoms with Gasteiger partial charge in [-0.25, -0.2) is 4.79 Å². The van der Waals surface area contributed by atoms with Crippen LogP contribution in [0.4, 0.5) is 0 Å². The summed E-state index contributed by atoms with van der Waals surface area (Å²) in [7, 11) is 0. The number of hydrogen-bond donors (Lipinski definition) is 1. The van der Waals surface area contributed by atoms with E-state index < -0.39 is 0 Å². The summed E-state index contributed by atoms with van der Waals surface area (Å²) in [4.78, 5) is 43.3. The van der Waals surface area contributed by atoms with Gasteiger partial charge in [0, 0.05) is 34.6 Å². The van der Waals surface area contributed by atoms with Crippen molar-refractivity contribution in [1.82, 2.24) is 19.4 Å². The third kappa shape index (κ3) is 5.18. The van der Waals surface area contributed by atoms with Gasteiger partial charge in [0.1, 0.15) is 5.69 Å². The Labute approximate surface area is 237 Å². The van der Waals surface area contributed by atoms with Crippen molar-refractivity contribution < 1.29 is 9.59 Å². The Bertz CT molecular complexity index is 1570. The first-order valence-electron chi connectivity index (χ1n) is 11.9. The number of fused-ring (bicyclic) bond motifs is 1. The third-order valence-electron chi connectivity index (χ3n) is 6.47. The molecule has 0 fully saturated rings. The van der Waals surface area contributed by atoms with Crippen LogP contribution in [0, 0.1) is 0 Å². The van der Waals surface area contributed by atoms with E-state index in [0.717, 1.165) is 10.5 Å². The Balaban J connectivity index is 1.53. The molecule has 7 nitrogen and oxygen atoms in total. The lowest BCUT2D eigenvalue weighted by molar-refractivity contribution is 0.0706. The number of hydrogen-bond acceptors (Lipinski definition) is 4. The number of carbonyl (C=O) groups excluding carboxylic acids is 2. The molecule has 0 aliphatic carbocycles. The minimum Gasteiger partial charge on any atom is -0.347 e. The summed E-state index contributed by atoms with van der Waals surface area (Å²) in [5.41, 5.74) is 2.40. The summed E-state index contributed by atoms with van der Waals surface area (Å²) in [6, 6.07) is 22.1. The molecule has 0 spiro atoms. The zero-order chi connectivity index (χ0) is 26.8. The molecule has 194 valence electrons. The fourth-order valence-corrected chi connectivity index (χ4v) is 5.35.